The third-order valence-corrected chi connectivity index (χ3v) is 3.74. The van der Waals surface area contributed by atoms with Crippen LogP contribution in [0.4, 0.5) is 5.82 Å². The summed E-state index contributed by atoms with van der Waals surface area (Å²) in [5.74, 6) is 0.871. The molecule has 1 aromatic carbocycles. The van der Waals surface area contributed by atoms with Crippen molar-refractivity contribution < 1.29 is 0 Å². The number of nitrogens with zero attached hydrogens (tertiary/aromatic N) is 2. The fraction of sp³-hybridized carbons (Fsp3) is 0.143. The molecular weight excluding hydrogens is 242 g/mol. The Hall–Kier alpha value is -1.94. The molecule has 3 rings (SSSR count). The third kappa shape index (κ3) is 1.95. The predicted molar refractivity (Wildman–Crippen MR) is 77.0 cm³/mol. The Morgan fingerprint density at radius 2 is 2.17 bits per heavy atom. The molecule has 0 amide bonds. The average molecular weight is 255 g/mol. The lowest BCUT2D eigenvalue weighted by molar-refractivity contribution is 1.11. The number of fused-ring (bicyclic) bond motifs is 1. The molecule has 0 fully saturated rings. The van der Waals surface area contributed by atoms with Crippen LogP contribution in [0.3, 0.4) is 0 Å². The molecule has 0 saturated heterocycles. The van der Waals surface area contributed by atoms with Gasteiger partial charge in [0.25, 0.3) is 0 Å². The van der Waals surface area contributed by atoms with Crippen molar-refractivity contribution in [3.8, 4) is 11.3 Å². The molecule has 0 aliphatic heterocycles. The fourth-order valence-corrected chi connectivity index (χ4v) is 2.90. The summed E-state index contributed by atoms with van der Waals surface area (Å²) in [6, 6.07) is 10.4. The maximum atomic E-state index is 4.38. The number of hydrogen-bond donors (Lipinski definition) is 1. The van der Waals surface area contributed by atoms with Crippen LogP contribution in [0.25, 0.3) is 21.3 Å². The van der Waals surface area contributed by atoms with Crippen molar-refractivity contribution in [2.75, 3.05) is 11.9 Å². The van der Waals surface area contributed by atoms with Crippen LogP contribution >= 0.6 is 11.3 Å². The number of nitrogens with one attached hydrogen (secondary N) is 1. The Morgan fingerprint density at radius 1 is 1.22 bits per heavy atom. The van der Waals surface area contributed by atoms with Gasteiger partial charge in [-0.1, -0.05) is 18.2 Å². The SMILES string of the molecule is CCNc1cc(-c2cccc3ccsc23)ncn1. The highest BCUT2D eigenvalue weighted by molar-refractivity contribution is 7.17. The summed E-state index contributed by atoms with van der Waals surface area (Å²) < 4.78 is 1.28. The Labute approximate surface area is 110 Å². The minimum Gasteiger partial charge on any atom is -0.370 e. The maximum Gasteiger partial charge on any atom is 0.129 e. The van der Waals surface area contributed by atoms with E-state index in [1.165, 1.54) is 15.6 Å². The molecule has 18 heavy (non-hydrogen) atoms. The van der Waals surface area contributed by atoms with Crippen LogP contribution in [0.2, 0.25) is 0 Å². The van der Waals surface area contributed by atoms with Crippen molar-refractivity contribution >= 4 is 27.2 Å². The second-order valence-corrected chi connectivity index (χ2v) is 4.88. The second-order valence-electron chi connectivity index (χ2n) is 3.96. The van der Waals surface area contributed by atoms with E-state index < -0.39 is 0 Å². The predicted octanol–water partition coefficient (Wildman–Crippen LogP) is 3.79. The molecule has 0 radical (unpaired) electrons. The van der Waals surface area contributed by atoms with Gasteiger partial charge < -0.3 is 5.32 Å². The number of thiophene rings is 1. The van der Waals surface area contributed by atoms with E-state index in [4.69, 9.17) is 0 Å². The molecule has 0 spiro atoms. The summed E-state index contributed by atoms with van der Waals surface area (Å²) in [5.41, 5.74) is 2.14. The lowest BCUT2D eigenvalue weighted by Gasteiger charge is -2.05. The second kappa shape index (κ2) is 4.74. The van der Waals surface area contributed by atoms with Crippen LogP contribution in [0.1, 0.15) is 6.92 Å². The van der Waals surface area contributed by atoms with Gasteiger partial charge in [-0.2, -0.15) is 0 Å². The normalized spacial score (nSPS) is 10.7. The van der Waals surface area contributed by atoms with Gasteiger partial charge in [0.1, 0.15) is 12.1 Å². The van der Waals surface area contributed by atoms with E-state index in [9.17, 15) is 0 Å². The molecule has 0 aliphatic carbocycles. The van der Waals surface area contributed by atoms with Gasteiger partial charge in [0.05, 0.1) is 5.69 Å². The third-order valence-electron chi connectivity index (χ3n) is 2.78. The van der Waals surface area contributed by atoms with Gasteiger partial charge in [-0.25, -0.2) is 9.97 Å². The molecule has 4 heteroatoms. The lowest BCUT2D eigenvalue weighted by Crippen LogP contribution is -1.99. The van der Waals surface area contributed by atoms with Gasteiger partial charge in [-0.15, -0.1) is 11.3 Å². The molecule has 0 bridgehead atoms. The van der Waals surface area contributed by atoms with E-state index >= 15 is 0 Å². The molecule has 0 aliphatic rings. The van der Waals surface area contributed by atoms with Crippen molar-refractivity contribution in [1.82, 2.24) is 9.97 Å². The molecule has 0 saturated carbocycles. The minimum atomic E-state index is 0.861. The van der Waals surface area contributed by atoms with Crippen molar-refractivity contribution in [3.05, 3.63) is 42.0 Å². The Bertz CT molecular complexity index is 675. The van der Waals surface area contributed by atoms with Gasteiger partial charge in [0.15, 0.2) is 0 Å². The lowest BCUT2D eigenvalue weighted by atomic mass is 10.1. The van der Waals surface area contributed by atoms with Crippen LogP contribution in [-0.4, -0.2) is 16.5 Å². The van der Waals surface area contributed by atoms with Crippen molar-refractivity contribution in [1.29, 1.82) is 0 Å². The first-order valence-electron chi connectivity index (χ1n) is 5.91. The molecule has 0 atom stereocenters. The van der Waals surface area contributed by atoms with E-state index in [0.29, 0.717) is 0 Å². The quantitative estimate of drug-likeness (QED) is 0.773. The molecule has 3 nitrogen and oxygen atoms in total. The zero-order valence-electron chi connectivity index (χ0n) is 10.1. The number of aromatic nitrogens is 2. The van der Waals surface area contributed by atoms with Crippen molar-refractivity contribution in [2.24, 2.45) is 0 Å². The largest absolute Gasteiger partial charge is 0.370 e. The Morgan fingerprint density at radius 3 is 3.06 bits per heavy atom. The zero-order chi connectivity index (χ0) is 12.4. The molecule has 2 aromatic heterocycles. The molecule has 0 unspecified atom stereocenters. The first-order chi connectivity index (χ1) is 8.88. The first kappa shape index (κ1) is 11.2. The molecular formula is C14H13N3S. The van der Waals surface area contributed by atoms with Crippen LogP contribution in [0.5, 0.6) is 0 Å². The van der Waals surface area contributed by atoms with E-state index in [2.05, 4.69) is 51.9 Å². The van der Waals surface area contributed by atoms with Gasteiger partial charge in [0, 0.05) is 22.9 Å². The average Bonchev–Trinajstić information content (AvgIpc) is 2.87. The molecule has 2 heterocycles. The molecule has 3 aromatic rings. The highest BCUT2D eigenvalue weighted by atomic mass is 32.1. The van der Waals surface area contributed by atoms with E-state index in [-0.39, 0.29) is 0 Å². The summed E-state index contributed by atoms with van der Waals surface area (Å²) in [7, 11) is 0. The van der Waals surface area contributed by atoms with Crippen LogP contribution in [0, 0.1) is 0 Å². The molecule has 90 valence electrons. The number of rotatable bonds is 3. The standard InChI is InChI=1S/C14H13N3S/c1-2-15-13-8-12(16-9-17-13)11-5-3-4-10-6-7-18-14(10)11/h3-9H,2H2,1H3,(H,15,16,17). The van der Waals surface area contributed by atoms with E-state index in [0.717, 1.165) is 18.1 Å². The highest BCUT2D eigenvalue weighted by Gasteiger charge is 2.06. The topological polar surface area (TPSA) is 37.8 Å². The zero-order valence-corrected chi connectivity index (χ0v) is 10.9. The van der Waals surface area contributed by atoms with Crippen LogP contribution in [0.15, 0.2) is 42.0 Å². The van der Waals surface area contributed by atoms with Gasteiger partial charge >= 0.3 is 0 Å². The van der Waals surface area contributed by atoms with Gasteiger partial charge in [-0.3, -0.25) is 0 Å². The monoisotopic (exact) mass is 255 g/mol. The van der Waals surface area contributed by atoms with Crippen LogP contribution < -0.4 is 5.32 Å². The summed E-state index contributed by atoms with van der Waals surface area (Å²) in [5, 5.41) is 6.59. The molecule has 1 N–H and O–H groups in total. The van der Waals surface area contributed by atoms with Crippen molar-refractivity contribution in [3.63, 3.8) is 0 Å². The minimum absolute atomic E-state index is 0.861. The van der Waals surface area contributed by atoms with E-state index in [1.54, 1.807) is 17.7 Å². The number of benzene rings is 1. The maximum absolute atomic E-state index is 4.38. The summed E-state index contributed by atoms with van der Waals surface area (Å²) >= 11 is 1.75. The summed E-state index contributed by atoms with van der Waals surface area (Å²) in [4.78, 5) is 8.58. The number of hydrogen-bond acceptors (Lipinski definition) is 4. The van der Waals surface area contributed by atoms with E-state index in [1.807, 2.05) is 6.07 Å². The number of anilines is 1. The van der Waals surface area contributed by atoms with Crippen LogP contribution in [-0.2, 0) is 0 Å². The summed E-state index contributed by atoms with van der Waals surface area (Å²) in [6.07, 6.45) is 1.61. The van der Waals surface area contributed by atoms with Gasteiger partial charge in [0.2, 0.25) is 0 Å². The summed E-state index contributed by atoms with van der Waals surface area (Å²) in [6.45, 7) is 2.92. The Balaban J connectivity index is 2.13. The van der Waals surface area contributed by atoms with Crippen molar-refractivity contribution in [2.45, 2.75) is 6.92 Å². The van der Waals surface area contributed by atoms with Gasteiger partial charge in [-0.05, 0) is 23.8 Å². The smallest absolute Gasteiger partial charge is 0.129 e. The fourth-order valence-electron chi connectivity index (χ4n) is 1.98. The Kier molecular flexibility index (Phi) is 2.94. The highest BCUT2D eigenvalue weighted by Crippen LogP contribution is 2.31. The first-order valence-corrected chi connectivity index (χ1v) is 6.79.